The summed E-state index contributed by atoms with van der Waals surface area (Å²) in [6.07, 6.45) is 3.53. The zero-order valence-electron chi connectivity index (χ0n) is 22.8. The van der Waals surface area contributed by atoms with Crippen molar-refractivity contribution in [1.29, 1.82) is 0 Å². The summed E-state index contributed by atoms with van der Waals surface area (Å²) in [6.45, 7) is 1.65. The first-order valence-electron chi connectivity index (χ1n) is 13.6. The molecule has 0 bridgehead atoms. The van der Waals surface area contributed by atoms with Gasteiger partial charge in [-0.1, -0.05) is 91.0 Å². The van der Waals surface area contributed by atoms with Gasteiger partial charge in [0.15, 0.2) is 11.9 Å². The van der Waals surface area contributed by atoms with Gasteiger partial charge in [0.1, 0.15) is 35.2 Å². The molecule has 0 amide bonds. The van der Waals surface area contributed by atoms with Crippen LogP contribution in [0.1, 0.15) is 22.9 Å². The van der Waals surface area contributed by atoms with E-state index in [0.717, 1.165) is 27.2 Å². The summed E-state index contributed by atoms with van der Waals surface area (Å²) in [7, 11) is 0. The van der Waals surface area contributed by atoms with Gasteiger partial charge in [0.2, 0.25) is 0 Å². The van der Waals surface area contributed by atoms with E-state index in [9.17, 15) is 0 Å². The van der Waals surface area contributed by atoms with Crippen molar-refractivity contribution in [2.24, 2.45) is 0 Å². The van der Waals surface area contributed by atoms with Crippen molar-refractivity contribution < 1.29 is 18.9 Å². The Bertz CT molecular complexity index is 1520. The Kier molecular flexibility index (Phi) is 8.99. The minimum atomic E-state index is -0.528. The molecule has 9 heteroatoms. The van der Waals surface area contributed by atoms with E-state index in [1.54, 1.807) is 12.7 Å². The molecule has 5 aromatic rings. The molecule has 210 valence electrons. The van der Waals surface area contributed by atoms with Crippen LogP contribution in [0.4, 0.5) is 0 Å². The van der Waals surface area contributed by atoms with Crippen LogP contribution in [-0.4, -0.2) is 50.7 Å². The molecule has 1 saturated heterocycles. The van der Waals surface area contributed by atoms with Gasteiger partial charge in [-0.15, -0.1) is 11.8 Å². The van der Waals surface area contributed by atoms with E-state index in [2.05, 4.69) is 39.2 Å². The van der Waals surface area contributed by atoms with Gasteiger partial charge in [0.25, 0.3) is 0 Å². The third-order valence-corrected chi connectivity index (χ3v) is 7.73. The van der Waals surface area contributed by atoms with Crippen molar-refractivity contribution in [3.63, 3.8) is 0 Å². The number of imidazole rings is 1. The molecule has 0 aliphatic carbocycles. The molecule has 0 saturated carbocycles. The topological polar surface area (TPSA) is 80.5 Å². The normalized spacial score (nSPS) is 20.5. The average Bonchev–Trinajstić information content (AvgIpc) is 3.61. The monoisotopic (exact) mass is 568 g/mol. The predicted molar refractivity (Wildman–Crippen MR) is 157 cm³/mol. The second kappa shape index (κ2) is 13.4. The third-order valence-electron chi connectivity index (χ3n) is 7.04. The highest BCUT2D eigenvalue weighted by Gasteiger charge is 2.48. The van der Waals surface area contributed by atoms with Crippen molar-refractivity contribution in [2.75, 3.05) is 12.9 Å². The number of thioether (sulfide) groups is 1. The van der Waals surface area contributed by atoms with E-state index < -0.39 is 18.4 Å². The Morgan fingerprint density at radius 1 is 0.732 bits per heavy atom. The lowest BCUT2D eigenvalue weighted by Gasteiger charge is -2.25. The fraction of sp³-hybridized carbons (Fsp3) is 0.281. The smallest absolute Gasteiger partial charge is 0.166 e. The van der Waals surface area contributed by atoms with E-state index >= 15 is 0 Å². The lowest BCUT2D eigenvalue weighted by atomic mass is 10.1. The molecule has 1 fully saturated rings. The summed E-state index contributed by atoms with van der Waals surface area (Å²) in [5.41, 5.74) is 4.67. The zero-order chi connectivity index (χ0) is 27.9. The molecule has 41 heavy (non-hydrogen) atoms. The fourth-order valence-electron chi connectivity index (χ4n) is 5.01. The molecular weight excluding hydrogens is 536 g/mol. The summed E-state index contributed by atoms with van der Waals surface area (Å²) < 4.78 is 28.0. The Morgan fingerprint density at radius 2 is 1.32 bits per heavy atom. The molecule has 8 nitrogen and oxygen atoms in total. The van der Waals surface area contributed by atoms with Crippen molar-refractivity contribution in [3.05, 3.63) is 120 Å². The average molecular weight is 569 g/mol. The molecule has 3 aromatic carbocycles. The standard InChI is InChI=1S/C32H32N4O4S/c1-41-31-27-30(33-21-34-31)36(22-35-27)32-29(39-19-25-15-9-4-10-16-25)28(38-18-24-13-7-3-8-14-24)26(40-32)20-37-17-23-11-5-2-6-12-23/h2-16,21-22,26,28-29,32H,17-20H2,1H3/t26-,28-,29+,32-/m1/s1. The van der Waals surface area contributed by atoms with Crippen LogP contribution in [-0.2, 0) is 38.8 Å². The van der Waals surface area contributed by atoms with Gasteiger partial charge in [-0.3, -0.25) is 4.57 Å². The molecule has 0 spiro atoms. The van der Waals surface area contributed by atoms with Gasteiger partial charge in [-0.05, 0) is 22.9 Å². The zero-order valence-corrected chi connectivity index (χ0v) is 23.6. The highest BCUT2D eigenvalue weighted by atomic mass is 32.2. The van der Waals surface area contributed by atoms with Crippen LogP contribution in [0.2, 0.25) is 0 Å². The highest BCUT2D eigenvalue weighted by molar-refractivity contribution is 7.98. The quantitative estimate of drug-likeness (QED) is 0.137. The van der Waals surface area contributed by atoms with Gasteiger partial charge in [-0.2, -0.15) is 0 Å². The Hall–Kier alpha value is -3.60. The first-order valence-corrected chi connectivity index (χ1v) is 14.8. The van der Waals surface area contributed by atoms with Gasteiger partial charge >= 0.3 is 0 Å². The van der Waals surface area contributed by atoms with Crippen LogP contribution in [0.15, 0.2) is 109 Å². The van der Waals surface area contributed by atoms with E-state index in [-0.39, 0.29) is 6.10 Å². The van der Waals surface area contributed by atoms with E-state index in [4.69, 9.17) is 18.9 Å². The summed E-state index contributed by atoms with van der Waals surface area (Å²) in [5.74, 6) is 0. The minimum Gasteiger partial charge on any atom is -0.374 e. The van der Waals surface area contributed by atoms with Crippen molar-refractivity contribution >= 4 is 22.9 Å². The lowest BCUT2D eigenvalue weighted by molar-refractivity contribution is -0.0913. The Labute approximate surface area is 243 Å². The van der Waals surface area contributed by atoms with Crippen molar-refractivity contribution in [1.82, 2.24) is 19.5 Å². The Morgan fingerprint density at radius 3 is 1.93 bits per heavy atom. The van der Waals surface area contributed by atoms with Crippen LogP contribution < -0.4 is 0 Å². The van der Waals surface area contributed by atoms with E-state index in [1.165, 1.54) is 11.8 Å². The number of nitrogens with zero attached hydrogens (tertiary/aromatic N) is 4. The SMILES string of the molecule is CSc1ncnc2c1ncn2[C@@H]1O[C@H](COCc2ccccc2)[C@@H](OCc2ccccc2)[C@@H]1OCc1ccccc1. The number of ether oxygens (including phenoxy) is 4. The molecule has 6 rings (SSSR count). The molecule has 1 aliphatic rings. The minimum absolute atomic E-state index is 0.341. The van der Waals surface area contributed by atoms with Crippen LogP contribution in [0, 0.1) is 0 Å². The van der Waals surface area contributed by atoms with E-state index in [0.29, 0.717) is 32.1 Å². The van der Waals surface area contributed by atoms with Crippen LogP contribution in [0.25, 0.3) is 11.2 Å². The fourth-order valence-corrected chi connectivity index (χ4v) is 5.50. The molecule has 0 unspecified atom stereocenters. The molecule has 2 aromatic heterocycles. The van der Waals surface area contributed by atoms with Crippen molar-refractivity contribution in [3.8, 4) is 0 Å². The summed E-state index contributed by atoms with van der Waals surface area (Å²) >= 11 is 1.53. The van der Waals surface area contributed by atoms with Gasteiger partial charge < -0.3 is 18.9 Å². The maximum atomic E-state index is 6.71. The first kappa shape index (κ1) is 27.6. The van der Waals surface area contributed by atoms with Crippen LogP contribution in [0.3, 0.4) is 0 Å². The number of hydrogen-bond acceptors (Lipinski definition) is 8. The lowest BCUT2D eigenvalue weighted by Crippen LogP contribution is -2.38. The van der Waals surface area contributed by atoms with E-state index in [1.807, 2.05) is 77.6 Å². The van der Waals surface area contributed by atoms with Crippen LogP contribution in [0.5, 0.6) is 0 Å². The second-order valence-corrected chi connectivity index (χ2v) is 10.6. The summed E-state index contributed by atoms with van der Waals surface area (Å²) in [5, 5.41) is 0.813. The largest absolute Gasteiger partial charge is 0.374 e. The molecule has 1 aliphatic heterocycles. The number of hydrogen-bond donors (Lipinski definition) is 0. The van der Waals surface area contributed by atoms with Gasteiger partial charge in [0.05, 0.1) is 32.8 Å². The molecule has 4 atom stereocenters. The molecular formula is C32H32N4O4S. The maximum Gasteiger partial charge on any atom is 0.166 e. The molecule has 0 N–H and O–H groups in total. The number of benzene rings is 3. The molecule has 3 heterocycles. The van der Waals surface area contributed by atoms with Crippen molar-refractivity contribution in [2.45, 2.75) is 49.4 Å². The molecule has 0 radical (unpaired) electrons. The first-order chi connectivity index (χ1) is 20.3. The van der Waals surface area contributed by atoms with Gasteiger partial charge in [-0.25, -0.2) is 15.0 Å². The summed E-state index contributed by atoms with van der Waals surface area (Å²) in [4.78, 5) is 13.6. The third kappa shape index (κ3) is 6.50. The summed E-state index contributed by atoms with van der Waals surface area (Å²) in [6, 6.07) is 30.4. The number of aromatic nitrogens is 4. The second-order valence-electron chi connectivity index (χ2n) is 9.80. The predicted octanol–water partition coefficient (Wildman–Crippen LogP) is 5.83. The number of rotatable bonds is 12. The highest BCUT2D eigenvalue weighted by Crippen LogP contribution is 2.37. The van der Waals surface area contributed by atoms with Gasteiger partial charge in [0, 0.05) is 0 Å². The van der Waals surface area contributed by atoms with Crippen LogP contribution >= 0.6 is 11.8 Å². The number of fused-ring (bicyclic) bond motifs is 1. The Balaban J connectivity index is 1.30. The maximum absolute atomic E-state index is 6.71.